The van der Waals surface area contributed by atoms with E-state index in [1.165, 1.54) is 16.9 Å². The molecule has 1 saturated heterocycles. The molecule has 8 heteroatoms. The zero-order chi connectivity index (χ0) is 15.1. The van der Waals surface area contributed by atoms with Gasteiger partial charge in [0.1, 0.15) is 0 Å². The highest BCUT2D eigenvalue weighted by atomic mass is 16.5. The van der Waals surface area contributed by atoms with Crippen molar-refractivity contribution in [3.05, 3.63) is 0 Å². The van der Waals surface area contributed by atoms with Crippen LogP contribution in [-0.4, -0.2) is 78.9 Å². The van der Waals surface area contributed by atoms with E-state index in [-0.39, 0.29) is 32.1 Å². The van der Waals surface area contributed by atoms with Crippen molar-refractivity contribution in [2.24, 2.45) is 0 Å². The van der Waals surface area contributed by atoms with E-state index in [4.69, 9.17) is 9.84 Å². The van der Waals surface area contributed by atoms with Crippen LogP contribution >= 0.6 is 0 Å². The molecule has 0 spiro atoms. The first kappa shape index (κ1) is 16.2. The number of carboxylic acid groups (broad SMARTS) is 1. The van der Waals surface area contributed by atoms with Crippen molar-refractivity contribution < 1.29 is 29.0 Å². The molecule has 1 atom stereocenters. The molecule has 0 saturated carbocycles. The molecule has 1 N–H and O–H groups in total. The highest BCUT2D eigenvalue weighted by molar-refractivity contribution is 5.84. The first-order chi connectivity index (χ1) is 9.51. The lowest BCUT2D eigenvalue weighted by Gasteiger charge is -2.36. The van der Waals surface area contributed by atoms with E-state index in [9.17, 15) is 14.4 Å². The third-order valence-corrected chi connectivity index (χ3v) is 3.10. The standard InChI is InChI=1S/C12H20N2O6/c1-3-13(5-4-10(15)16)12(18)14-6-7-20-8-9(14)11(17)19-2/h9H,3-8H2,1-2H3,(H,15,16). The number of methoxy groups -OCH3 is 1. The molecule has 8 nitrogen and oxygen atoms in total. The van der Waals surface area contributed by atoms with Crippen molar-refractivity contribution in [1.82, 2.24) is 9.80 Å². The summed E-state index contributed by atoms with van der Waals surface area (Å²) in [6, 6.07) is -1.15. The van der Waals surface area contributed by atoms with Crippen molar-refractivity contribution >= 4 is 18.0 Å². The molecule has 20 heavy (non-hydrogen) atoms. The smallest absolute Gasteiger partial charge is 0.331 e. The van der Waals surface area contributed by atoms with Gasteiger partial charge in [0, 0.05) is 19.6 Å². The topological polar surface area (TPSA) is 96.4 Å². The van der Waals surface area contributed by atoms with Crippen LogP contribution in [-0.2, 0) is 19.1 Å². The third kappa shape index (κ3) is 4.09. The molecular weight excluding hydrogens is 268 g/mol. The Bertz CT molecular complexity index is 373. The molecule has 0 bridgehead atoms. The maximum Gasteiger partial charge on any atom is 0.331 e. The molecule has 114 valence electrons. The van der Waals surface area contributed by atoms with Crippen LogP contribution in [0.1, 0.15) is 13.3 Å². The Labute approximate surface area is 117 Å². The summed E-state index contributed by atoms with van der Waals surface area (Å²) in [7, 11) is 1.25. The van der Waals surface area contributed by atoms with Gasteiger partial charge in [0.15, 0.2) is 6.04 Å². The molecule has 0 radical (unpaired) electrons. The average molecular weight is 288 g/mol. The van der Waals surface area contributed by atoms with E-state index in [0.29, 0.717) is 13.2 Å². The fourth-order valence-corrected chi connectivity index (χ4v) is 1.97. The van der Waals surface area contributed by atoms with Crippen LogP contribution in [0.5, 0.6) is 0 Å². The number of hydrogen-bond acceptors (Lipinski definition) is 5. The Balaban J connectivity index is 2.74. The number of hydrogen-bond donors (Lipinski definition) is 1. The zero-order valence-corrected chi connectivity index (χ0v) is 11.7. The number of aliphatic carboxylic acids is 1. The second-order valence-corrected chi connectivity index (χ2v) is 4.31. The van der Waals surface area contributed by atoms with Crippen molar-refractivity contribution in [2.45, 2.75) is 19.4 Å². The van der Waals surface area contributed by atoms with E-state index in [0.717, 1.165) is 0 Å². The Morgan fingerprint density at radius 2 is 2.15 bits per heavy atom. The van der Waals surface area contributed by atoms with Gasteiger partial charge in [0.2, 0.25) is 0 Å². The molecule has 0 aromatic heterocycles. The quantitative estimate of drug-likeness (QED) is 0.702. The molecule has 0 aliphatic carbocycles. The average Bonchev–Trinajstić information content (AvgIpc) is 2.46. The second kappa shape index (κ2) is 7.68. The number of rotatable bonds is 5. The summed E-state index contributed by atoms with van der Waals surface area (Å²) in [5, 5.41) is 8.68. The summed E-state index contributed by atoms with van der Waals surface area (Å²) in [5.41, 5.74) is 0. The zero-order valence-electron chi connectivity index (χ0n) is 11.7. The van der Waals surface area contributed by atoms with Crippen LogP contribution in [0.2, 0.25) is 0 Å². The van der Waals surface area contributed by atoms with Gasteiger partial charge in [-0.05, 0) is 6.92 Å². The van der Waals surface area contributed by atoms with Gasteiger partial charge in [-0.25, -0.2) is 9.59 Å². The molecule has 2 amide bonds. The fraction of sp³-hybridized carbons (Fsp3) is 0.750. The van der Waals surface area contributed by atoms with Gasteiger partial charge in [0.05, 0.1) is 26.7 Å². The Morgan fingerprint density at radius 1 is 1.45 bits per heavy atom. The minimum Gasteiger partial charge on any atom is -0.481 e. The summed E-state index contributed by atoms with van der Waals surface area (Å²) in [4.78, 5) is 37.4. The second-order valence-electron chi connectivity index (χ2n) is 4.31. The Kier molecular flexibility index (Phi) is 6.23. The van der Waals surface area contributed by atoms with Crippen molar-refractivity contribution in [1.29, 1.82) is 0 Å². The van der Waals surface area contributed by atoms with Crippen LogP contribution in [0.25, 0.3) is 0 Å². The third-order valence-electron chi connectivity index (χ3n) is 3.10. The van der Waals surface area contributed by atoms with Gasteiger partial charge in [-0.1, -0.05) is 0 Å². The maximum absolute atomic E-state index is 12.4. The van der Waals surface area contributed by atoms with E-state index < -0.39 is 18.0 Å². The minimum atomic E-state index is -0.970. The van der Waals surface area contributed by atoms with E-state index in [1.807, 2.05) is 0 Å². The number of ether oxygens (including phenoxy) is 2. The molecule has 1 aliphatic rings. The maximum atomic E-state index is 12.4. The molecule has 1 fully saturated rings. The first-order valence-corrected chi connectivity index (χ1v) is 6.44. The van der Waals surface area contributed by atoms with Crippen LogP contribution < -0.4 is 0 Å². The van der Waals surface area contributed by atoms with E-state index in [1.54, 1.807) is 6.92 Å². The van der Waals surface area contributed by atoms with Gasteiger partial charge in [-0.2, -0.15) is 0 Å². The first-order valence-electron chi connectivity index (χ1n) is 6.44. The normalized spacial score (nSPS) is 18.5. The van der Waals surface area contributed by atoms with Crippen molar-refractivity contribution in [3.8, 4) is 0 Å². The minimum absolute atomic E-state index is 0.0922. The molecule has 0 aromatic carbocycles. The lowest BCUT2D eigenvalue weighted by molar-refractivity contribution is -0.151. The predicted octanol–water partition coefficient (Wildman–Crippen LogP) is -0.223. The number of esters is 1. The summed E-state index contributed by atoms with van der Waals surface area (Å²) in [6.45, 7) is 2.95. The number of morpholine rings is 1. The molecule has 1 heterocycles. The summed E-state index contributed by atoms with van der Waals surface area (Å²) >= 11 is 0. The highest BCUT2D eigenvalue weighted by Gasteiger charge is 2.35. The van der Waals surface area contributed by atoms with E-state index >= 15 is 0 Å². The van der Waals surface area contributed by atoms with Crippen LogP contribution in [0, 0.1) is 0 Å². The molecule has 1 aliphatic heterocycles. The van der Waals surface area contributed by atoms with Gasteiger partial charge in [-0.15, -0.1) is 0 Å². The van der Waals surface area contributed by atoms with Crippen molar-refractivity contribution in [2.75, 3.05) is 40.0 Å². The fourth-order valence-electron chi connectivity index (χ4n) is 1.97. The van der Waals surface area contributed by atoms with Gasteiger partial charge >= 0.3 is 18.0 Å². The number of carbonyl (C=O) groups excluding carboxylic acids is 2. The molecule has 0 aromatic rings. The van der Waals surface area contributed by atoms with Gasteiger partial charge in [-0.3, -0.25) is 4.79 Å². The molecule has 1 unspecified atom stereocenters. The Morgan fingerprint density at radius 3 is 2.70 bits per heavy atom. The van der Waals surface area contributed by atoms with Crippen LogP contribution in [0.4, 0.5) is 4.79 Å². The summed E-state index contributed by atoms with van der Waals surface area (Å²) in [5.74, 6) is -1.50. The predicted molar refractivity (Wildman–Crippen MR) is 68.2 cm³/mol. The molecule has 1 rings (SSSR count). The Hall–Kier alpha value is -1.83. The van der Waals surface area contributed by atoms with E-state index in [2.05, 4.69) is 4.74 Å². The van der Waals surface area contributed by atoms with Gasteiger partial charge in [0.25, 0.3) is 0 Å². The largest absolute Gasteiger partial charge is 0.481 e. The number of urea groups is 1. The SMILES string of the molecule is CCN(CCC(=O)O)C(=O)N1CCOCC1C(=O)OC. The van der Waals surface area contributed by atoms with Crippen LogP contribution in [0.3, 0.4) is 0 Å². The summed E-state index contributed by atoms with van der Waals surface area (Å²) < 4.78 is 9.85. The summed E-state index contributed by atoms with van der Waals surface area (Å²) in [6.07, 6.45) is -0.132. The van der Waals surface area contributed by atoms with Gasteiger partial charge < -0.3 is 24.4 Å². The highest BCUT2D eigenvalue weighted by Crippen LogP contribution is 2.12. The lowest BCUT2D eigenvalue weighted by Crippen LogP contribution is -2.57. The number of carbonyl (C=O) groups is 3. The number of nitrogens with zero attached hydrogens (tertiary/aromatic N) is 2. The van der Waals surface area contributed by atoms with Crippen molar-refractivity contribution in [3.63, 3.8) is 0 Å². The lowest BCUT2D eigenvalue weighted by atomic mass is 10.2. The monoisotopic (exact) mass is 288 g/mol. The number of amides is 2. The molecular formula is C12H20N2O6. The van der Waals surface area contributed by atoms with Crippen LogP contribution in [0.15, 0.2) is 0 Å². The number of carboxylic acids is 1.